The maximum atomic E-state index is 11.4. The first kappa shape index (κ1) is 11.4. The van der Waals surface area contributed by atoms with Crippen LogP contribution in [0.3, 0.4) is 0 Å². The second-order valence-corrected chi connectivity index (χ2v) is 2.91. The van der Waals surface area contributed by atoms with Gasteiger partial charge in [0.25, 0.3) is 0 Å². The lowest BCUT2D eigenvalue weighted by molar-refractivity contribution is -0.151. The largest absolute Gasteiger partial charge is 0.435 e. The van der Waals surface area contributed by atoms with Gasteiger partial charge < -0.3 is 14.9 Å². The molecule has 0 fully saturated rings. The lowest BCUT2D eigenvalue weighted by Crippen LogP contribution is -2.26. The van der Waals surface area contributed by atoms with Crippen LogP contribution in [0.5, 0.6) is 0 Å². The Morgan fingerprint density at radius 3 is 2.40 bits per heavy atom. The van der Waals surface area contributed by atoms with Gasteiger partial charge >= 0.3 is 5.97 Å². The highest BCUT2D eigenvalue weighted by molar-refractivity contribution is 5.79. The van der Waals surface area contributed by atoms with E-state index in [0.29, 0.717) is 5.56 Å². The summed E-state index contributed by atoms with van der Waals surface area (Å²) in [5.41, 5.74) is 0.486. The van der Waals surface area contributed by atoms with Crippen LogP contribution in [0.2, 0.25) is 0 Å². The zero-order valence-electron chi connectivity index (χ0n) is 8.04. The highest BCUT2D eigenvalue weighted by Crippen LogP contribution is 2.20. The number of carbonyl (C=O) groups excluding carboxylic acids is 1. The monoisotopic (exact) mass is 208 g/mol. The number of carbonyl (C=O) groups is 1. The predicted octanol–water partition coefficient (Wildman–Crippen LogP) is 0.768. The normalized spacial score (nSPS) is 12.2. The molecule has 0 aromatic heterocycles. The van der Waals surface area contributed by atoms with E-state index in [9.17, 15) is 4.79 Å². The highest BCUT2D eigenvalue weighted by Gasteiger charge is 2.28. The number of ether oxygens (including phenoxy) is 1. The van der Waals surface area contributed by atoms with E-state index >= 15 is 0 Å². The Labute approximate surface area is 87.4 Å². The van der Waals surface area contributed by atoms with Gasteiger partial charge in [0.15, 0.2) is 6.29 Å². The van der Waals surface area contributed by atoms with Gasteiger partial charge in [-0.15, -0.1) is 0 Å². The van der Waals surface area contributed by atoms with Crippen molar-refractivity contribution in [1.82, 2.24) is 0 Å². The molecular formula is C11H12O4. The fraction of sp³-hybridized carbons (Fsp3) is 0.182. The minimum atomic E-state index is -1.79. The summed E-state index contributed by atoms with van der Waals surface area (Å²) < 4.78 is 4.52. The Morgan fingerprint density at radius 1 is 1.33 bits per heavy atom. The first-order valence-electron chi connectivity index (χ1n) is 4.39. The summed E-state index contributed by atoms with van der Waals surface area (Å²) in [5.74, 6) is -1.85. The number of hydrogen-bond acceptors (Lipinski definition) is 4. The van der Waals surface area contributed by atoms with Gasteiger partial charge in [-0.2, -0.15) is 0 Å². The van der Waals surface area contributed by atoms with Crippen LogP contribution in [-0.2, 0) is 9.53 Å². The van der Waals surface area contributed by atoms with Crippen LogP contribution in [-0.4, -0.2) is 22.5 Å². The van der Waals surface area contributed by atoms with Crippen molar-refractivity contribution in [3.05, 3.63) is 48.7 Å². The van der Waals surface area contributed by atoms with Crippen molar-refractivity contribution < 1.29 is 19.7 Å². The number of rotatable bonds is 4. The van der Waals surface area contributed by atoms with Gasteiger partial charge in [-0.1, -0.05) is 36.9 Å². The average Bonchev–Trinajstić information content (AvgIpc) is 2.19. The number of esters is 1. The van der Waals surface area contributed by atoms with Gasteiger partial charge in [0.1, 0.15) is 5.92 Å². The van der Waals surface area contributed by atoms with Crippen molar-refractivity contribution in [1.29, 1.82) is 0 Å². The molecule has 4 nitrogen and oxygen atoms in total. The topological polar surface area (TPSA) is 66.8 Å². The molecule has 4 heteroatoms. The average molecular weight is 208 g/mol. The molecule has 80 valence electrons. The molecule has 0 radical (unpaired) electrons. The summed E-state index contributed by atoms with van der Waals surface area (Å²) in [6.07, 6.45) is -0.833. The van der Waals surface area contributed by atoms with E-state index in [0.717, 1.165) is 6.26 Å². The first-order valence-corrected chi connectivity index (χ1v) is 4.39. The molecule has 0 bridgehead atoms. The zero-order valence-corrected chi connectivity index (χ0v) is 8.04. The van der Waals surface area contributed by atoms with Crippen LogP contribution in [0.4, 0.5) is 0 Å². The van der Waals surface area contributed by atoms with Crippen molar-refractivity contribution in [3.63, 3.8) is 0 Å². The Kier molecular flexibility index (Phi) is 4.03. The summed E-state index contributed by atoms with van der Waals surface area (Å²) in [5, 5.41) is 18.2. The smallest absolute Gasteiger partial charge is 0.323 e. The minimum Gasteiger partial charge on any atom is -0.435 e. The molecule has 0 aliphatic heterocycles. The quantitative estimate of drug-likeness (QED) is 0.435. The molecule has 15 heavy (non-hydrogen) atoms. The van der Waals surface area contributed by atoms with E-state index in [1.165, 1.54) is 0 Å². The van der Waals surface area contributed by atoms with Crippen LogP contribution in [0, 0.1) is 0 Å². The number of aliphatic hydroxyl groups excluding tert-OH is 1. The van der Waals surface area contributed by atoms with Crippen LogP contribution in [0.1, 0.15) is 11.5 Å². The molecule has 1 unspecified atom stereocenters. The third kappa shape index (κ3) is 2.90. The maximum absolute atomic E-state index is 11.4. The Hall–Kier alpha value is -1.65. The Morgan fingerprint density at radius 2 is 1.93 bits per heavy atom. The van der Waals surface area contributed by atoms with E-state index in [2.05, 4.69) is 11.3 Å². The van der Waals surface area contributed by atoms with Crippen molar-refractivity contribution in [2.45, 2.75) is 12.2 Å². The molecule has 1 rings (SSSR count). The second-order valence-electron chi connectivity index (χ2n) is 2.91. The number of benzene rings is 1. The third-order valence-electron chi connectivity index (χ3n) is 1.91. The lowest BCUT2D eigenvalue weighted by atomic mass is 9.99. The second kappa shape index (κ2) is 5.29. The van der Waals surface area contributed by atoms with Gasteiger partial charge in [0.2, 0.25) is 0 Å². The molecule has 1 aromatic rings. The van der Waals surface area contributed by atoms with Gasteiger partial charge in [-0.05, 0) is 5.56 Å². The summed E-state index contributed by atoms with van der Waals surface area (Å²) >= 11 is 0. The SMILES string of the molecule is C=COC(=O)C(c1ccccc1)C(O)O. The van der Waals surface area contributed by atoms with Gasteiger partial charge in [0, 0.05) is 0 Å². The number of aliphatic hydroxyl groups is 2. The summed E-state index contributed by atoms with van der Waals surface area (Å²) in [7, 11) is 0. The van der Waals surface area contributed by atoms with E-state index < -0.39 is 18.2 Å². The molecule has 0 aliphatic carbocycles. The molecule has 0 heterocycles. The maximum Gasteiger partial charge on any atom is 0.323 e. The molecular weight excluding hydrogens is 196 g/mol. The predicted molar refractivity (Wildman–Crippen MR) is 53.7 cm³/mol. The third-order valence-corrected chi connectivity index (χ3v) is 1.91. The van der Waals surface area contributed by atoms with Crippen molar-refractivity contribution in [3.8, 4) is 0 Å². The standard InChI is InChI=1S/C11H12O4/c1-2-15-11(14)9(10(12)13)8-6-4-3-5-7-8/h2-7,9-10,12-13H,1H2. The number of hydrogen-bond donors (Lipinski definition) is 2. The van der Waals surface area contributed by atoms with Crippen LogP contribution >= 0.6 is 0 Å². The van der Waals surface area contributed by atoms with Crippen molar-refractivity contribution >= 4 is 5.97 Å². The summed E-state index contributed by atoms with van der Waals surface area (Å²) in [6.45, 7) is 3.23. The van der Waals surface area contributed by atoms with Gasteiger partial charge in [0.05, 0.1) is 6.26 Å². The van der Waals surface area contributed by atoms with E-state index in [1.807, 2.05) is 0 Å². The first-order chi connectivity index (χ1) is 7.16. The molecule has 0 saturated heterocycles. The highest BCUT2D eigenvalue weighted by atomic mass is 16.5. The molecule has 0 spiro atoms. The summed E-state index contributed by atoms with van der Waals surface area (Å²) in [4.78, 5) is 11.4. The molecule has 0 aliphatic rings. The van der Waals surface area contributed by atoms with E-state index in [-0.39, 0.29) is 0 Å². The van der Waals surface area contributed by atoms with E-state index in [4.69, 9.17) is 10.2 Å². The summed E-state index contributed by atoms with van der Waals surface area (Å²) in [6, 6.07) is 8.41. The van der Waals surface area contributed by atoms with E-state index in [1.54, 1.807) is 30.3 Å². The Bertz CT molecular complexity index is 332. The Balaban J connectivity index is 2.93. The van der Waals surface area contributed by atoms with Crippen LogP contribution in [0.15, 0.2) is 43.2 Å². The lowest BCUT2D eigenvalue weighted by Gasteiger charge is -2.16. The molecule has 1 aromatic carbocycles. The van der Waals surface area contributed by atoms with Crippen molar-refractivity contribution in [2.24, 2.45) is 0 Å². The molecule has 0 amide bonds. The molecule has 2 N–H and O–H groups in total. The van der Waals surface area contributed by atoms with Crippen molar-refractivity contribution in [2.75, 3.05) is 0 Å². The molecule has 0 saturated carbocycles. The van der Waals surface area contributed by atoms with Gasteiger partial charge in [-0.25, -0.2) is 0 Å². The fourth-order valence-corrected chi connectivity index (χ4v) is 1.25. The molecule has 1 atom stereocenters. The minimum absolute atomic E-state index is 0.486. The zero-order chi connectivity index (χ0) is 11.3. The van der Waals surface area contributed by atoms with Crippen LogP contribution in [0.25, 0.3) is 0 Å². The van der Waals surface area contributed by atoms with Crippen LogP contribution < -0.4 is 0 Å². The van der Waals surface area contributed by atoms with Gasteiger partial charge in [-0.3, -0.25) is 4.79 Å². The fourth-order valence-electron chi connectivity index (χ4n) is 1.25.